The van der Waals surface area contributed by atoms with E-state index in [4.69, 9.17) is 11.6 Å². The lowest BCUT2D eigenvalue weighted by atomic mass is 9.84. The fourth-order valence-corrected chi connectivity index (χ4v) is 5.90. The summed E-state index contributed by atoms with van der Waals surface area (Å²) in [6.07, 6.45) is -1.24. The second-order valence-corrected chi connectivity index (χ2v) is 9.92. The fraction of sp³-hybridized carbons (Fsp3) is 0.179. The van der Waals surface area contributed by atoms with Crippen molar-refractivity contribution in [2.45, 2.75) is 18.3 Å². The van der Waals surface area contributed by atoms with E-state index in [1.165, 1.54) is 18.2 Å². The third-order valence-electron chi connectivity index (χ3n) is 7.35. The fourth-order valence-electron chi connectivity index (χ4n) is 5.73. The van der Waals surface area contributed by atoms with Gasteiger partial charge in [-0.25, -0.2) is 9.29 Å². The number of hydrogen-bond acceptors (Lipinski definition) is 4. The number of anilines is 2. The van der Waals surface area contributed by atoms with Crippen LogP contribution in [0.25, 0.3) is 6.08 Å². The summed E-state index contributed by atoms with van der Waals surface area (Å²) in [5.41, 5.74) is 0.550. The molecule has 0 spiro atoms. The van der Waals surface area contributed by atoms with E-state index in [-0.39, 0.29) is 16.4 Å². The minimum absolute atomic E-state index is 0.0639. The Morgan fingerprint density at radius 3 is 2.41 bits per heavy atom. The zero-order valence-corrected chi connectivity index (χ0v) is 20.6. The molecule has 0 bridgehead atoms. The first-order valence-electron chi connectivity index (χ1n) is 11.9. The number of fused-ring (bicyclic) bond motifs is 5. The van der Waals surface area contributed by atoms with Gasteiger partial charge in [0.05, 0.1) is 34.2 Å². The Kier molecular flexibility index (Phi) is 5.76. The number of carbonyl (C=O) groups is 3. The summed E-state index contributed by atoms with van der Waals surface area (Å²) >= 11 is 5.91. The van der Waals surface area contributed by atoms with Gasteiger partial charge in [-0.3, -0.25) is 14.4 Å². The lowest BCUT2D eigenvalue weighted by molar-refractivity contribution is -0.137. The number of nitrogens with one attached hydrogen (secondary N) is 1. The highest BCUT2D eigenvalue weighted by Crippen LogP contribution is 2.53. The van der Waals surface area contributed by atoms with Crippen LogP contribution in [0.2, 0.25) is 5.02 Å². The Morgan fingerprint density at radius 2 is 1.67 bits per heavy atom. The van der Waals surface area contributed by atoms with Crippen LogP contribution >= 0.6 is 11.6 Å². The Balaban J connectivity index is 1.42. The number of amides is 3. The van der Waals surface area contributed by atoms with E-state index in [0.717, 1.165) is 40.3 Å². The van der Waals surface area contributed by atoms with Crippen LogP contribution in [-0.2, 0) is 20.6 Å². The average Bonchev–Trinajstić information content (AvgIpc) is 3.38. The molecule has 4 atom stereocenters. The van der Waals surface area contributed by atoms with Crippen molar-refractivity contribution >= 4 is 46.8 Å². The van der Waals surface area contributed by atoms with Crippen LogP contribution in [0.3, 0.4) is 0 Å². The van der Waals surface area contributed by atoms with E-state index >= 15 is 0 Å². The first kappa shape index (κ1) is 25.1. The van der Waals surface area contributed by atoms with Crippen molar-refractivity contribution in [2.75, 3.05) is 10.2 Å². The molecule has 3 aliphatic heterocycles. The second kappa shape index (κ2) is 8.94. The number of nitrogens with zero attached hydrogens (tertiary/aromatic N) is 2. The quantitative estimate of drug-likeness (QED) is 0.335. The average molecular weight is 556 g/mol. The minimum atomic E-state index is -4.62. The van der Waals surface area contributed by atoms with Gasteiger partial charge in [-0.1, -0.05) is 41.9 Å². The van der Waals surface area contributed by atoms with Crippen molar-refractivity contribution in [3.63, 3.8) is 0 Å². The molecule has 1 N–H and O–H groups in total. The largest absolute Gasteiger partial charge is 0.416 e. The van der Waals surface area contributed by atoms with E-state index in [1.807, 2.05) is 12.1 Å². The number of benzene rings is 3. The van der Waals surface area contributed by atoms with Gasteiger partial charge in [0.15, 0.2) is 0 Å². The van der Waals surface area contributed by atoms with Gasteiger partial charge in [0.2, 0.25) is 17.7 Å². The van der Waals surface area contributed by atoms with Gasteiger partial charge in [0, 0.05) is 11.9 Å². The summed E-state index contributed by atoms with van der Waals surface area (Å²) in [6.45, 7) is 0. The van der Waals surface area contributed by atoms with Gasteiger partial charge in [-0.05, 0) is 53.6 Å². The van der Waals surface area contributed by atoms with E-state index in [1.54, 1.807) is 29.3 Å². The van der Waals surface area contributed by atoms with Gasteiger partial charge < -0.3 is 10.2 Å². The van der Waals surface area contributed by atoms with Crippen molar-refractivity contribution < 1.29 is 31.9 Å². The number of rotatable bonds is 3. The van der Waals surface area contributed by atoms with Crippen LogP contribution in [0.5, 0.6) is 0 Å². The maximum atomic E-state index is 13.8. The van der Waals surface area contributed by atoms with E-state index in [0.29, 0.717) is 0 Å². The van der Waals surface area contributed by atoms with Crippen LogP contribution in [0, 0.1) is 17.7 Å². The normalized spacial score (nSPS) is 23.5. The van der Waals surface area contributed by atoms with Crippen molar-refractivity contribution in [2.24, 2.45) is 11.8 Å². The highest BCUT2D eigenvalue weighted by atomic mass is 35.5. The van der Waals surface area contributed by atoms with Crippen LogP contribution in [0.15, 0.2) is 72.9 Å². The first-order chi connectivity index (χ1) is 18.6. The van der Waals surface area contributed by atoms with Gasteiger partial charge in [-0.15, -0.1) is 0 Å². The maximum absolute atomic E-state index is 13.8. The summed E-state index contributed by atoms with van der Waals surface area (Å²) in [7, 11) is 0. The number of alkyl halides is 3. The van der Waals surface area contributed by atoms with Gasteiger partial charge in [-0.2, -0.15) is 13.2 Å². The topological polar surface area (TPSA) is 69.7 Å². The molecule has 2 saturated heterocycles. The van der Waals surface area contributed by atoms with Crippen LogP contribution in [-0.4, -0.2) is 28.7 Å². The Hall–Kier alpha value is -4.18. The molecule has 0 aromatic heterocycles. The molecule has 3 aromatic rings. The molecule has 0 aliphatic carbocycles. The minimum Gasteiger partial charge on any atom is -0.357 e. The molecule has 2 fully saturated rings. The van der Waals surface area contributed by atoms with Gasteiger partial charge in [0.1, 0.15) is 11.9 Å². The Bertz CT molecular complexity index is 1570. The van der Waals surface area contributed by atoms with Crippen molar-refractivity contribution in [1.29, 1.82) is 0 Å². The number of halogens is 5. The molecule has 0 unspecified atom stereocenters. The zero-order valence-electron chi connectivity index (χ0n) is 19.8. The standard InChI is InChI=1S/C28H18ClF4N3O3/c29-19-13-17(8-9-20(19)30)36-26(38)21-22(27(36)39)24(35-11-10-14-4-1-2-7-18(14)23(21)35)25(37)34-16-6-3-5-15(12-16)28(31,32)33/h1-13,21-24H,(H,34,37)/t21-,22+,23-,24-/m0/s1. The first-order valence-corrected chi connectivity index (χ1v) is 12.3. The smallest absolute Gasteiger partial charge is 0.357 e. The number of imide groups is 1. The molecule has 6 rings (SSSR count). The molecular formula is C28H18ClF4N3O3. The highest BCUT2D eigenvalue weighted by molar-refractivity contribution is 6.31. The molecular weight excluding hydrogens is 538 g/mol. The monoisotopic (exact) mass is 555 g/mol. The molecule has 3 amide bonds. The van der Waals surface area contributed by atoms with Gasteiger partial charge >= 0.3 is 6.18 Å². The summed E-state index contributed by atoms with van der Waals surface area (Å²) in [6, 6.07) is 13.0. The second-order valence-electron chi connectivity index (χ2n) is 9.51. The highest BCUT2D eigenvalue weighted by Gasteiger charge is 2.64. The van der Waals surface area contributed by atoms with Crippen LogP contribution < -0.4 is 10.2 Å². The van der Waals surface area contributed by atoms with E-state index in [9.17, 15) is 31.9 Å². The molecule has 0 radical (unpaired) electrons. The summed E-state index contributed by atoms with van der Waals surface area (Å²) in [4.78, 5) is 43.8. The predicted molar refractivity (Wildman–Crippen MR) is 135 cm³/mol. The lowest BCUT2D eigenvalue weighted by Gasteiger charge is -2.35. The predicted octanol–water partition coefficient (Wildman–Crippen LogP) is 5.65. The molecule has 198 valence electrons. The molecule has 6 nitrogen and oxygen atoms in total. The SMILES string of the molecule is O=C(Nc1cccc(C(F)(F)F)c1)[C@@H]1[C@@H]2C(=O)N(c3ccc(F)c(Cl)c3)C(=O)[C@@H]2[C@@H]2c3ccccc3C=CN12. The number of hydrogen-bond donors (Lipinski definition) is 1. The molecule has 3 heterocycles. The third-order valence-corrected chi connectivity index (χ3v) is 7.64. The molecule has 39 heavy (non-hydrogen) atoms. The lowest BCUT2D eigenvalue weighted by Crippen LogP contribution is -2.46. The van der Waals surface area contributed by atoms with Crippen LogP contribution in [0.4, 0.5) is 28.9 Å². The van der Waals surface area contributed by atoms with Gasteiger partial charge in [0.25, 0.3) is 0 Å². The van der Waals surface area contributed by atoms with E-state index < -0.39 is 59.2 Å². The van der Waals surface area contributed by atoms with Crippen molar-refractivity contribution in [3.8, 4) is 0 Å². The maximum Gasteiger partial charge on any atom is 0.416 e. The zero-order chi connectivity index (χ0) is 27.6. The van der Waals surface area contributed by atoms with Crippen LogP contribution in [0.1, 0.15) is 22.7 Å². The Labute approximate surface area is 224 Å². The third kappa shape index (κ3) is 3.97. The van der Waals surface area contributed by atoms with E-state index in [2.05, 4.69) is 5.32 Å². The van der Waals surface area contributed by atoms with Crippen molar-refractivity contribution in [3.05, 3.63) is 100 Å². The Morgan fingerprint density at radius 1 is 0.923 bits per heavy atom. The molecule has 3 aromatic carbocycles. The number of carbonyl (C=O) groups excluding carboxylic acids is 3. The molecule has 3 aliphatic rings. The molecule has 0 saturated carbocycles. The summed E-state index contributed by atoms with van der Waals surface area (Å²) in [5.74, 6) is -4.87. The summed E-state index contributed by atoms with van der Waals surface area (Å²) in [5, 5.41) is 2.22. The summed E-state index contributed by atoms with van der Waals surface area (Å²) < 4.78 is 53.6. The molecule has 11 heteroatoms. The van der Waals surface area contributed by atoms with Crippen molar-refractivity contribution in [1.82, 2.24) is 4.90 Å².